The van der Waals surface area contributed by atoms with E-state index in [9.17, 15) is 14.4 Å². The van der Waals surface area contributed by atoms with Gasteiger partial charge in [-0.15, -0.1) is 0 Å². The molecule has 4 rings (SSSR count). The molecule has 0 unspecified atom stereocenters. The van der Waals surface area contributed by atoms with Crippen LogP contribution in [0, 0.1) is 0 Å². The Balaban J connectivity index is 1.39. The van der Waals surface area contributed by atoms with Gasteiger partial charge in [0.2, 0.25) is 5.91 Å². The van der Waals surface area contributed by atoms with E-state index in [4.69, 9.17) is 9.15 Å². The number of hydrogen-bond donors (Lipinski definition) is 0. The smallest absolute Gasteiger partial charge is 0.289 e. The molecule has 0 saturated carbocycles. The number of hydrogen-bond acceptors (Lipinski definition) is 6. The molecule has 31 heavy (non-hydrogen) atoms. The molecule has 0 N–H and O–H groups in total. The number of nitrogens with zero attached hydrogens (tertiary/aromatic N) is 4. The fourth-order valence-corrected chi connectivity index (χ4v) is 3.51. The second-order valence-corrected chi connectivity index (χ2v) is 7.09. The summed E-state index contributed by atoms with van der Waals surface area (Å²) in [5, 5.41) is 0. The number of rotatable bonds is 5. The Morgan fingerprint density at radius 2 is 1.81 bits per heavy atom. The molecule has 9 heteroatoms. The average molecular weight is 422 g/mol. The number of ether oxygens (including phenoxy) is 1. The summed E-state index contributed by atoms with van der Waals surface area (Å²) in [5.74, 6) is 0.515. The largest absolute Gasteiger partial charge is 0.496 e. The minimum Gasteiger partial charge on any atom is -0.496 e. The third-order valence-corrected chi connectivity index (χ3v) is 5.22. The second kappa shape index (κ2) is 8.86. The highest BCUT2D eigenvalue weighted by Crippen LogP contribution is 2.26. The molecule has 0 spiro atoms. The van der Waals surface area contributed by atoms with Crippen molar-refractivity contribution in [3.05, 3.63) is 71.2 Å². The Morgan fingerprint density at radius 1 is 1.06 bits per heavy atom. The van der Waals surface area contributed by atoms with Crippen molar-refractivity contribution in [3.8, 4) is 17.0 Å². The average Bonchev–Trinajstić information content (AvgIpc) is 3.35. The standard InChI is InChI=1S/C22H22N4O5/c1-30-18-6-3-2-5-16(18)17-13-20(27)26(15-23-17)14-21(28)24-8-10-25(11-9-24)22(29)19-7-4-12-31-19/h2-7,12-13,15H,8-11,14H2,1H3. The van der Waals surface area contributed by atoms with Crippen LogP contribution in [0.2, 0.25) is 0 Å². The minimum atomic E-state index is -0.323. The molecule has 1 aliphatic heterocycles. The highest BCUT2D eigenvalue weighted by Gasteiger charge is 2.26. The molecule has 1 aromatic carbocycles. The molecule has 0 aliphatic carbocycles. The first-order valence-corrected chi connectivity index (χ1v) is 9.87. The summed E-state index contributed by atoms with van der Waals surface area (Å²) in [7, 11) is 1.56. The summed E-state index contributed by atoms with van der Waals surface area (Å²) in [6.07, 6.45) is 2.83. The highest BCUT2D eigenvalue weighted by atomic mass is 16.5. The lowest BCUT2D eigenvalue weighted by Crippen LogP contribution is -2.51. The minimum absolute atomic E-state index is 0.107. The molecule has 2 aromatic heterocycles. The van der Waals surface area contributed by atoms with Gasteiger partial charge in [0.1, 0.15) is 12.3 Å². The van der Waals surface area contributed by atoms with Crippen LogP contribution in [0.3, 0.4) is 0 Å². The van der Waals surface area contributed by atoms with Crippen LogP contribution < -0.4 is 10.3 Å². The van der Waals surface area contributed by atoms with Gasteiger partial charge in [-0.3, -0.25) is 19.0 Å². The Kier molecular flexibility index (Phi) is 5.83. The van der Waals surface area contributed by atoms with Gasteiger partial charge in [0.15, 0.2) is 5.76 Å². The van der Waals surface area contributed by atoms with E-state index < -0.39 is 0 Å². The van der Waals surface area contributed by atoms with Gasteiger partial charge in [-0.1, -0.05) is 12.1 Å². The first-order valence-electron chi connectivity index (χ1n) is 9.87. The zero-order chi connectivity index (χ0) is 21.8. The summed E-state index contributed by atoms with van der Waals surface area (Å²) in [5.41, 5.74) is 0.866. The molecule has 2 amide bonds. The third kappa shape index (κ3) is 4.35. The van der Waals surface area contributed by atoms with Gasteiger partial charge < -0.3 is 19.0 Å². The monoisotopic (exact) mass is 422 g/mol. The summed E-state index contributed by atoms with van der Waals surface area (Å²) < 4.78 is 11.7. The maximum Gasteiger partial charge on any atom is 0.289 e. The SMILES string of the molecule is COc1ccccc1-c1cc(=O)n(CC(=O)N2CCN(C(=O)c3ccco3)CC2)cn1. The third-order valence-electron chi connectivity index (χ3n) is 5.22. The number of aromatic nitrogens is 2. The molecular formula is C22H22N4O5. The van der Waals surface area contributed by atoms with Crippen molar-refractivity contribution in [2.45, 2.75) is 6.54 Å². The molecule has 1 fully saturated rings. The zero-order valence-electron chi connectivity index (χ0n) is 17.1. The molecular weight excluding hydrogens is 400 g/mol. The van der Waals surface area contributed by atoms with Gasteiger partial charge in [0, 0.05) is 37.8 Å². The number of amides is 2. The fraction of sp³-hybridized carbons (Fsp3) is 0.273. The summed E-state index contributed by atoms with van der Waals surface area (Å²) in [6.45, 7) is 1.50. The molecule has 0 bridgehead atoms. The molecule has 0 radical (unpaired) electrons. The first kappa shape index (κ1) is 20.4. The van der Waals surface area contributed by atoms with E-state index in [2.05, 4.69) is 4.98 Å². The number of furan rings is 1. The van der Waals surface area contributed by atoms with Gasteiger partial charge in [-0.25, -0.2) is 4.98 Å². The molecule has 0 atom stereocenters. The number of piperazine rings is 1. The Bertz CT molecular complexity index is 1130. The van der Waals surface area contributed by atoms with Crippen molar-refractivity contribution in [3.63, 3.8) is 0 Å². The number of methoxy groups -OCH3 is 1. The quantitative estimate of drug-likeness (QED) is 0.618. The van der Waals surface area contributed by atoms with Crippen molar-refractivity contribution >= 4 is 11.8 Å². The van der Waals surface area contributed by atoms with Gasteiger partial charge in [0.25, 0.3) is 11.5 Å². The fourth-order valence-electron chi connectivity index (χ4n) is 3.51. The van der Waals surface area contributed by atoms with Crippen LogP contribution in [-0.2, 0) is 11.3 Å². The predicted octanol–water partition coefficient (Wildman–Crippen LogP) is 1.50. The van der Waals surface area contributed by atoms with Crippen LogP contribution in [0.5, 0.6) is 5.75 Å². The molecule has 9 nitrogen and oxygen atoms in total. The van der Waals surface area contributed by atoms with Crippen molar-refractivity contribution in [1.82, 2.24) is 19.4 Å². The van der Waals surface area contributed by atoms with Gasteiger partial charge in [-0.2, -0.15) is 0 Å². The van der Waals surface area contributed by atoms with Crippen LogP contribution in [0.15, 0.2) is 64.3 Å². The van der Waals surface area contributed by atoms with Crippen LogP contribution in [0.4, 0.5) is 0 Å². The number of para-hydroxylation sites is 1. The van der Waals surface area contributed by atoms with Crippen LogP contribution in [0.25, 0.3) is 11.3 Å². The van der Waals surface area contributed by atoms with Gasteiger partial charge in [-0.05, 0) is 24.3 Å². The first-order chi connectivity index (χ1) is 15.1. The van der Waals surface area contributed by atoms with E-state index in [1.165, 1.54) is 23.2 Å². The lowest BCUT2D eigenvalue weighted by Gasteiger charge is -2.34. The van der Waals surface area contributed by atoms with E-state index in [0.717, 1.165) is 0 Å². The zero-order valence-corrected chi connectivity index (χ0v) is 17.1. The van der Waals surface area contributed by atoms with Gasteiger partial charge in [0.05, 0.1) is 25.4 Å². The Labute approximate surface area is 178 Å². The van der Waals surface area contributed by atoms with E-state index in [0.29, 0.717) is 43.2 Å². The van der Waals surface area contributed by atoms with Crippen molar-refractivity contribution in [2.75, 3.05) is 33.3 Å². The molecule has 3 heterocycles. The number of carbonyl (C=O) groups excluding carboxylic acids is 2. The van der Waals surface area contributed by atoms with Crippen molar-refractivity contribution < 1.29 is 18.7 Å². The number of benzene rings is 1. The van der Waals surface area contributed by atoms with Gasteiger partial charge >= 0.3 is 0 Å². The maximum atomic E-state index is 12.7. The number of carbonyl (C=O) groups is 2. The Hall–Kier alpha value is -3.88. The van der Waals surface area contributed by atoms with Crippen LogP contribution in [-0.4, -0.2) is 64.5 Å². The van der Waals surface area contributed by atoms with Crippen molar-refractivity contribution in [1.29, 1.82) is 0 Å². The molecule has 1 saturated heterocycles. The lowest BCUT2D eigenvalue weighted by molar-refractivity contribution is -0.133. The molecule has 160 valence electrons. The predicted molar refractivity (Wildman–Crippen MR) is 112 cm³/mol. The summed E-state index contributed by atoms with van der Waals surface area (Å²) >= 11 is 0. The lowest BCUT2D eigenvalue weighted by atomic mass is 10.1. The van der Waals surface area contributed by atoms with Crippen molar-refractivity contribution in [2.24, 2.45) is 0 Å². The van der Waals surface area contributed by atoms with E-state index in [1.807, 2.05) is 18.2 Å². The highest BCUT2D eigenvalue weighted by molar-refractivity contribution is 5.91. The Morgan fingerprint density at radius 3 is 2.48 bits per heavy atom. The molecule has 3 aromatic rings. The summed E-state index contributed by atoms with van der Waals surface area (Å²) in [4.78, 5) is 45.2. The van der Waals surface area contributed by atoms with E-state index >= 15 is 0 Å². The second-order valence-electron chi connectivity index (χ2n) is 7.09. The summed E-state index contributed by atoms with van der Waals surface area (Å²) in [6, 6.07) is 12.0. The van der Waals surface area contributed by atoms with E-state index in [-0.39, 0.29) is 29.7 Å². The molecule has 1 aliphatic rings. The van der Waals surface area contributed by atoms with Crippen LogP contribution >= 0.6 is 0 Å². The normalized spacial score (nSPS) is 13.8. The van der Waals surface area contributed by atoms with Crippen LogP contribution in [0.1, 0.15) is 10.6 Å². The maximum absolute atomic E-state index is 12.7. The topological polar surface area (TPSA) is 97.9 Å². The van der Waals surface area contributed by atoms with E-state index in [1.54, 1.807) is 35.1 Å².